The van der Waals surface area contributed by atoms with Gasteiger partial charge in [-0.1, -0.05) is 17.7 Å². The number of nitrogens with zero attached hydrogens (tertiary/aromatic N) is 3. The topological polar surface area (TPSA) is 56.7 Å². The van der Waals surface area contributed by atoms with Gasteiger partial charge in [0.15, 0.2) is 11.6 Å². The van der Waals surface area contributed by atoms with Gasteiger partial charge in [-0.2, -0.15) is 0 Å². The molecule has 0 atom stereocenters. The van der Waals surface area contributed by atoms with Gasteiger partial charge in [-0.05, 0) is 29.6 Å². The lowest BCUT2D eigenvalue weighted by Gasteiger charge is -2.04. The maximum absolute atomic E-state index is 6.01. The standard InChI is InChI=1S/C13H11ClN4S/c1-18-13(9-7-8(14)4-5-10(9)15)16-12(17-18)11-3-2-6-19-11/h2-7H,15H2,1H3. The van der Waals surface area contributed by atoms with Crippen LogP contribution in [0.25, 0.3) is 22.1 Å². The van der Waals surface area contributed by atoms with Gasteiger partial charge in [0.25, 0.3) is 0 Å². The van der Waals surface area contributed by atoms with Crippen molar-refractivity contribution in [2.45, 2.75) is 0 Å². The van der Waals surface area contributed by atoms with E-state index >= 15 is 0 Å². The third-order valence-electron chi connectivity index (χ3n) is 2.76. The Balaban J connectivity index is 2.13. The molecule has 0 spiro atoms. The second-order valence-corrected chi connectivity index (χ2v) is 5.48. The highest BCUT2D eigenvalue weighted by Crippen LogP contribution is 2.30. The van der Waals surface area contributed by atoms with Crippen molar-refractivity contribution in [2.75, 3.05) is 5.73 Å². The summed E-state index contributed by atoms with van der Waals surface area (Å²) in [5.74, 6) is 1.41. The zero-order valence-corrected chi connectivity index (χ0v) is 11.7. The van der Waals surface area contributed by atoms with E-state index in [-0.39, 0.29) is 0 Å². The Kier molecular flexibility index (Phi) is 3.00. The summed E-state index contributed by atoms with van der Waals surface area (Å²) in [6.45, 7) is 0. The number of nitrogens with two attached hydrogens (primary N) is 1. The lowest BCUT2D eigenvalue weighted by atomic mass is 10.1. The Morgan fingerprint density at radius 3 is 2.89 bits per heavy atom. The minimum absolute atomic E-state index is 0.630. The molecule has 3 aromatic rings. The SMILES string of the molecule is Cn1nc(-c2cccs2)nc1-c1cc(Cl)ccc1N. The number of anilines is 1. The quantitative estimate of drug-likeness (QED) is 0.736. The summed E-state index contributed by atoms with van der Waals surface area (Å²) < 4.78 is 1.72. The molecule has 0 aliphatic heterocycles. The van der Waals surface area contributed by atoms with E-state index in [0.29, 0.717) is 22.4 Å². The number of hydrogen-bond donors (Lipinski definition) is 1. The first-order chi connectivity index (χ1) is 9.15. The number of halogens is 1. The van der Waals surface area contributed by atoms with Crippen molar-refractivity contribution in [3.63, 3.8) is 0 Å². The molecule has 0 aliphatic rings. The molecule has 0 unspecified atom stereocenters. The molecule has 0 saturated carbocycles. The molecule has 0 bridgehead atoms. The van der Waals surface area contributed by atoms with E-state index in [1.54, 1.807) is 34.2 Å². The monoisotopic (exact) mass is 290 g/mol. The molecule has 0 saturated heterocycles. The predicted octanol–water partition coefficient (Wildman–Crippen LogP) is 3.45. The third kappa shape index (κ3) is 2.22. The maximum atomic E-state index is 6.01. The van der Waals surface area contributed by atoms with E-state index in [0.717, 1.165) is 10.4 Å². The number of rotatable bonds is 2. The molecule has 2 aromatic heterocycles. The van der Waals surface area contributed by atoms with Crippen LogP contribution < -0.4 is 5.73 Å². The minimum Gasteiger partial charge on any atom is -0.398 e. The molecule has 96 valence electrons. The van der Waals surface area contributed by atoms with Crippen molar-refractivity contribution >= 4 is 28.6 Å². The number of aryl methyl sites for hydroxylation is 1. The van der Waals surface area contributed by atoms with Crippen LogP contribution in [0.1, 0.15) is 0 Å². The van der Waals surface area contributed by atoms with Crippen LogP contribution in [0.3, 0.4) is 0 Å². The van der Waals surface area contributed by atoms with Crippen LogP contribution >= 0.6 is 22.9 Å². The zero-order chi connectivity index (χ0) is 13.4. The summed E-state index contributed by atoms with van der Waals surface area (Å²) in [6.07, 6.45) is 0. The normalized spacial score (nSPS) is 10.8. The number of nitrogen functional groups attached to an aromatic ring is 1. The molecular formula is C13H11ClN4S. The average molecular weight is 291 g/mol. The molecule has 0 fully saturated rings. The van der Waals surface area contributed by atoms with E-state index < -0.39 is 0 Å². The maximum Gasteiger partial charge on any atom is 0.191 e. The van der Waals surface area contributed by atoms with Crippen molar-refractivity contribution in [1.82, 2.24) is 14.8 Å². The van der Waals surface area contributed by atoms with Gasteiger partial charge in [-0.25, -0.2) is 9.67 Å². The van der Waals surface area contributed by atoms with Crippen LogP contribution in [-0.2, 0) is 7.05 Å². The van der Waals surface area contributed by atoms with E-state index in [4.69, 9.17) is 17.3 Å². The summed E-state index contributed by atoms with van der Waals surface area (Å²) in [5, 5.41) is 7.05. The van der Waals surface area contributed by atoms with E-state index in [2.05, 4.69) is 10.1 Å². The molecular weight excluding hydrogens is 280 g/mol. The van der Waals surface area contributed by atoms with Gasteiger partial charge in [-0.15, -0.1) is 16.4 Å². The molecule has 19 heavy (non-hydrogen) atoms. The number of benzene rings is 1. The molecule has 2 heterocycles. The molecule has 6 heteroatoms. The van der Waals surface area contributed by atoms with Crippen LogP contribution in [0.4, 0.5) is 5.69 Å². The first-order valence-electron chi connectivity index (χ1n) is 5.65. The largest absolute Gasteiger partial charge is 0.398 e. The first-order valence-corrected chi connectivity index (χ1v) is 6.91. The highest BCUT2D eigenvalue weighted by molar-refractivity contribution is 7.13. The van der Waals surface area contributed by atoms with Crippen molar-refractivity contribution in [3.05, 3.63) is 40.7 Å². The van der Waals surface area contributed by atoms with Gasteiger partial charge in [-0.3, -0.25) is 0 Å². The Morgan fingerprint density at radius 2 is 2.16 bits per heavy atom. The van der Waals surface area contributed by atoms with Crippen molar-refractivity contribution in [3.8, 4) is 22.1 Å². The molecule has 3 rings (SSSR count). The summed E-state index contributed by atoms with van der Waals surface area (Å²) in [6, 6.07) is 9.31. The van der Waals surface area contributed by atoms with Crippen LogP contribution in [0.15, 0.2) is 35.7 Å². The third-order valence-corrected chi connectivity index (χ3v) is 3.86. The molecule has 0 aliphatic carbocycles. The van der Waals surface area contributed by atoms with Gasteiger partial charge in [0.05, 0.1) is 4.88 Å². The molecule has 4 nitrogen and oxygen atoms in total. The number of hydrogen-bond acceptors (Lipinski definition) is 4. The van der Waals surface area contributed by atoms with E-state index in [9.17, 15) is 0 Å². The number of aromatic nitrogens is 3. The van der Waals surface area contributed by atoms with Crippen molar-refractivity contribution in [2.24, 2.45) is 7.05 Å². The number of thiophene rings is 1. The van der Waals surface area contributed by atoms with Crippen LogP contribution in [0.2, 0.25) is 5.02 Å². The fourth-order valence-corrected chi connectivity index (χ4v) is 2.68. The van der Waals surface area contributed by atoms with Crippen LogP contribution in [0.5, 0.6) is 0 Å². The van der Waals surface area contributed by atoms with Gasteiger partial charge in [0, 0.05) is 23.3 Å². The lowest BCUT2D eigenvalue weighted by Crippen LogP contribution is -1.98. The van der Waals surface area contributed by atoms with Crippen LogP contribution in [-0.4, -0.2) is 14.8 Å². The van der Waals surface area contributed by atoms with Crippen molar-refractivity contribution in [1.29, 1.82) is 0 Å². The fraction of sp³-hybridized carbons (Fsp3) is 0.0769. The Morgan fingerprint density at radius 1 is 1.32 bits per heavy atom. The Labute approximate surface area is 119 Å². The Bertz CT molecular complexity index is 718. The van der Waals surface area contributed by atoms with Gasteiger partial charge >= 0.3 is 0 Å². The summed E-state index contributed by atoms with van der Waals surface area (Å²) in [7, 11) is 1.85. The molecule has 0 radical (unpaired) electrons. The average Bonchev–Trinajstić information content (AvgIpc) is 3.01. The lowest BCUT2D eigenvalue weighted by molar-refractivity contribution is 0.778. The summed E-state index contributed by atoms with van der Waals surface area (Å²) in [5.41, 5.74) is 7.41. The molecule has 1 aromatic carbocycles. The Hall–Kier alpha value is -1.85. The minimum atomic E-state index is 0.630. The second-order valence-electron chi connectivity index (χ2n) is 4.09. The smallest absolute Gasteiger partial charge is 0.191 e. The van der Waals surface area contributed by atoms with Crippen LogP contribution in [0, 0.1) is 0 Å². The van der Waals surface area contributed by atoms with E-state index in [1.807, 2.05) is 24.6 Å². The van der Waals surface area contributed by atoms with E-state index in [1.165, 1.54) is 0 Å². The zero-order valence-electron chi connectivity index (χ0n) is 10.2. The van der Waals surface area contributed by atoms with Gasteiger partial charge < -0.3 is 5.73 Å². The van der Waals surface area contributed by atoms with Crippen molar-refractivity contribution < 1.29 is 0 Å². The highest BCUT2D eigenvalue weighted by atomic mass is 35.5. The summed E-state index contributed by atoms with van der Waals surface area (Å²) >= 11 is 7.62. The molecule has 0 amide bonds. The fourth-order valence-electron chi connectivity index (χ4n) is 1.85. The molecule has 2 N–H and O–H groups in total. The summed E-state index contributed by atoms with van der Waals surface area (Å²) in [4.78, 5) is 5.58. The highest BCUT2D eigenvalue weighted by Gasteiger charge is 2.14. The second kappa shape index (κ2) is 4.68. The first kappa shape index (κ1) is 12.2. The van der Waals surface area contributed by atoms with Gasteiger partial charge in [0.2, 0.25) is 0 Å². The predicted molar refractivity (Wildman–Crippen MR) is 79.2 cm³/mol. The van der Waals surface area contributed by atoms with Gasteiger partial charge in [0.1, 0.15) is 0 Å².